The van der Waals surface area contributed by atoms with Crippen molar-refractivity contribution in [2.75, 3.05) is 12.8 Å². The zero-order valence-electron chi connectivity index (χ0n) is 6.68. The van der Waals surface area contributed by atoms with E-state index in [1.165, 1.54) is 11.5 Å². The van der Waals surface area contributed by atoms with Gasteiger partial charge >= 0.3 is 0 Å². The van der Waals surface area contributed by atoms with Gasteiger partial charge in [-0.3, -0.25) is 4.99 Å². The monoisotopic (exact) mass is 271 g/mol. The summed E-state index contributed by atoms with van der Waals surface area (Å²) in [6.07, 6.45) is 3.27. The Labute approximate surface area is 84.1 Å². The fourth-order valence-electron chi connectivity index (χ4n) is 0.960. The number of halogens is 1. The molecule has 0 fully saturated rings. The highest BCUT2D eigenvalue weighted by molar-refractivity contribution is 14.0. The summed E-state index contributed by atoms with van der Waals surface area (Å²) in [4.78, 5) is 4.39. The predicted molar refractivity (Wildman–Crippen MR) is 59.6 cm³/mol. The van der Waals surface area contributed by atoms with Crippen LogP contribution in [0.2, 0.25) is 0 Å². The lowest BCUT2D eigenvalue weighted by molar-refractivity contribution is 0.424. The van der Waals surface area contributed by atoms with Crippen LogP contribution in [0.15, 0.2) is 4.99 Å². The van der Waals surface area contributed by atoms with Crippen LogP contribution in [0.5, 0.6) is 0 Å². The summed E-state index contributed by atoms with van der Waals surface area (Å²) in [5.41, 5.74) is 0.443. The Morgan fingerprint density at radius 2 is 2.10 bits per heavy atom. The molecule has 1 aliphatic rings. The second-order valence-corrected chi connectivity index (χ2v) is 4.13. The number of hydrogen-bond acceptors (Lipinski definition) is 2. The quantitative estimate of drug-likeness (QED) is 0.617. The van der Waals surface area contributed by atoms with Crippen LogP contribution in [-0.2, 0) is 0 Å². The largest absolute Gasteiger partial charge is 0.282 e. The first-order chi connectivity index (χ1) is 4.14. The first-order valence-electron chi connectivity index (χ1n) is 3.21. The van der Waals surface area contributed by atoms with E-state index in [2.05, 4.69) is 25.1 Å². The Kier molecular flexibility index (Phi) is 4.24. The van der Waals surface area contributed by atoms with Crippen molar-refractivity contribution in [2.24, 2.45) is 10.4 Å². The highest BCUT2D eigenvalue weighted by Crippen LogP contribution is 2.30. The summed E-state index contributed by atoms with van der Waals surface area (Å²) in [5.74, 6) is 0. The molecule has 0 aromatic carbocycles. The standard InChI is InChI=1S/C7H13NS.HI/c1-7(2)4-6(9-3)8-5-7;/h4-5H2,1-3H3;1H. The second-order valence-electron chi connectivity index (χ2n) is 3.26. The highest BCUT2D eigenvalue weighted by atomic mass is 127. The molecular weight excluding hydrogens is 257 g/mol. The molecule has 0 spiro atoms. The smallest absolute Gasteiger partial charge is 0.0679 e. The van der Waals surface area contributed by atoms with Gasteiger partial charge in [-0.05, 0) is 11.7 Å². The third-order valence-electron chi connectivity index (χ3n) is 1.55. The first-order valence-corrected chi connectivity index (χ1v) is 4.44. The summed E-state index contributed by atoms with van der Waals surface area (Å²) >= 11 is 1.78. The molecule has 0 radical (unpaired) electrons. The minimum absolute atomic E-state index is 0. The van der Waals surface area contributed by atoms with E-state index in [1.54, 1.807) is 11.8 Å². The summed E-state index contributed by atoms with van der Waals surface area (Å²) in [7, 11) is 0. The molecule has 0 saturated carbocycles. The summed E-state index contributed by atoms with van der Waals surface area (Å²) in [5, 5.41) is 1.32. The maximum Gasteiger partial charge on any atom is 0.0679 e. The van der Waals surface area contributed by atoms with E-state index < -0.39 is 0 Å². The van der Waals surface area contributed by atoms with Crippen molar-refractivity contribution < 1.29 is 0 Å². The Balaban J connectivity index is 0.000000810. The van der Waals surface area contributed by atoms with Gasteiger partial charge in [-0.1, -0.05) is 13.8 Å². The van der Waals surface area contributed by atoms with Crippen molar-refractivity contribution in [3.05, 3.63) is 0 Å². The predicted octanol–water partition coefficient (Wildman–Crippen LogP) is 2.80. The number of thioether (sulfide) groups is 1. The number of aliphatic imine (C=N–C) groups is 1. The molecule has 0 aliphatic carbocycles. The molecule has 0 N–H and O–H groups in total. The molecule has 1 heterocycles. The van der Waals surface area contributed by atoms with Gasteiger partial charge in [-0.25, -0.2) is 0 Å². The van der Waals surface area contributed by atoms with E-state index >= 15 is 0 Å². The van der Waals surface area contributed by atoms with Gasteiger partial charge in [0.15, 0.2) is 0 Å². The maximum absolute atomic E-state index is 4.39. The zero-order chi connectivity index (χ0) is 6.91. The fourth-order valence-corrected chi connectivity index (χ4v) is 1.69. The molecule has 0 unspecified atom stereocenters. The fraction of sp³-hybridized carbons (Fsp3) is 0.857. The average Bonchev–Trinajstić information content (AvgIpc) is 2.10. The van der Waals surface area contributed by atoms with Crippen LogP contribution in [-0.4, -0.2) is 17.8 Å². The molecule has 1 nitrogen and oxygen atoms in total. The molecule has 0 bridgehead atoms. The molecule has 3 heteroatoms. The lowest BCUT2D eigenvalue weighted by atomic mass is 9.93. The van der Waals surface area contributed by atoms with Crippen molar-refractivity contribution >= 4 is 40.8 Å². The number of nitrogens with zero attached hydrogens (tertiary/aromatic N) is 1. The van der Waals surface area contributed by atoms with Crippen LogP contribution in [0.1, 0.15) is 20.3 Å². The Hall–Kier alpha value is 0.750. The SMILES string of the molecule is CSC1=NCC(C)(C)C1.I. The third-order valence-corrected chi connectivity index (χ3v) is 2.29. The molecule has 1 rings (SSSR count). The minimum Gasteiger partial charge on any atom is -0.282 e. The van der Waals surface area contributed by atoms with Crippen LogP contribution in [0.3, 0.4) is 0 Å². The van der Waals surface area contributed by atoms with Gasteiger partial charge in [0.1, 0.15) is 0 Å². The van der Waals surface area contributed by atoms with Crippen molar-refractivity contribution in [2.45, 2.75) is 20.3 Å². The van der Waals surface area contributed by atoms with Gasteiger partial charge < -0.3 is 0 Å². The van der Waals surface area contributed by atoms with Gasteiger partial charge in [-0.2, -0.15) is 0 Å². The lowest BCUT2D eigenvalue weighted by Gasteiger charge is -2.13. The van der Waals surface area contributed by atoms with Crippen molar-refractivity contribution in [1.82, 2.24) is 0 Å². The molecule has 10 heavy (non-hydrogen) atoms. The molecule has 60 valence electrons. The van der Waals surface area contributed by atoms with Crippen LogP contribution in [0.25, 0.3) is 0 Å². The van der Waals surface area contributed by atoms with E-state index in [1.807, 2.05) is 0 Å². The summed E-state index contributed by atoms with van der Waals surface area (Å²) in [6.45, 7) is 5.54. The second kappa shape index (κ2) is 3.95. The van der Waals surface area contributed by atoms with Gasteiger partial charge in [0, 0.05) is 13.0 Å². The van der Waals surface area contributed by atoms with Gasteiger partial charge in [-0.15, -0.1) is 35.7 Å². The zero-order valence-corrected chi connectivity index (χ0v) is 9.82. The van der Waals surface area contributed by atoms with Crippen molar-refractivity contribution in [3.8, 4) is 0 Å². The summed E-state index contributed by atoms with van der Waals surface area (Å²) in [6, 6.07) is 0. The molecule has 0 aromatic rings. The van der Waals surface area contributed by atoms with Crippen LogP contribution < -0.4 is 0 Å². The van der Waals surface area contributed by atoms with Crippen LogP contribution in [0.4, 0.5) is 0 Å². The van der Waals surface area contributed by atoms with Gasteiger partial charge in [0.2, 0.25) is 0 Å². The minimum atomic E-state index is 0. The number of hydrogen-bond donors (Lipinski definition) is 0. The van der Waals surface area contributed by atoms with E-state index in [0.717, 1.165) is 6.54 Å². The molecule has 0 amide bonds. The first kappa shape index (κ1) is 10.8. The molecule has 0 saturated heterocycles. The van der Waals surface area contributed by atoms with Crippen LogP contribution in [0, 0.1) is 5.41 Å². The lowest BCUT2D eigenvalue weighted by Crippen LogP contribution is -2.10. The Morgan fingerprint density at radius 1 is 1.50 bits per heavy atom. The van der Waals surface area contributed by atoms with E-state index in [9.17, 15) is 0 Å². The molecule has 0 aromatic heterocycles. The Morgan fingerprint density at radius 3 is 2.30 bits per heavy atom. The van der Waals surface area contributed by atoms with Gasteiger partial charge in [0.05, 0.1) is 5.04 Å². The third kappa shape index (κ3) is 2.78. The van der Waals surface area contributed by atoms with E-state index in [-0.39, 0.29) is 24.0 Å². The number of rotatable bonds is 0. The highest BCUT2D eigenvalue weighted by Gasteiger charge is 2.24. The van der Waals surface area contributed by atoms with E-state index in [4.69, 9.17) is 0 Å². The van der Waals surface area contributed by atoms with Crippen molar-refractivity contribution in [1.29, 1.82) is 0 Å². The average molecular weight is 271 g/mol. The molecule has 0 atom stereocenters. The topological polar surface area (TPSA) is 12.4 Å². The van der Waals surface area contributed by atoms with Crippen molar-refractivity contribution in [3.63, 3.8) is 0 Å². The molecule has 1 aliphatic heterocycles. The normalized spacial score (nSPS) is 21.7. The van der Waals surface area contributed by atoms with Gasteiger partial charge in [0.25, 0.3) is 0 Å². The summed E-state index contributed by atoms with van der Waals surface area (Å²) < 4.78 is 0. The van der Waals surface area contributed by atoms with E-state index in [0.29, 0.717) is 5.41 Å². The Bertz CT molecular complexity index is 143. The van der Waals surface area contributed by atoms with Crippen LogP contribution >= 0.6 is 35.7 Å². The maximum atomic E-state index is 4.39. The molecular formula is C7H14INS.